The number of aliphatic hydroxyl groups is 2. The molecule has 0 unspecified atom stereocenters. The van der Waals surface area contributed by atoms with Crippen molar-refractivity contribution >= 4 is 0 Å². The van der Waals surface area contributed by atoms with Crippen molar-refractivity contribution in [1.82, 2.24) is 0 Å². The maximum atomic E-state index is 10.6. The number of aliphatic hydroxyl groups excluding tert-OH is 2. The van der Waals surface area contributed by atoms with Crippen LogP contribution in [0.15, 0.2) is 0 Å². The second-order valence-corrected chi connectivity index (χ2v) is 9.52. The molecule has 0 spiro atoms. The van der Waals surface area contributed by atoms with E-state index in [1.54, 1.807) is 0 Å². The number of hydrogen-bond acceptors (Lipinski definition) is 3. The summed E-state index contributed by atoms with van der Waals surface area (Å²) in [4.78, 5) is 0. The zero-order chi connectivity index (χ0) is 17.0. The Kier molecular flexibility index (Phi) is 4.39. The molecule has 0 aromatic heterocycles. The molecule has 0 amide bonds. The average Bonchev–Trinajstić information content (AvgIpc) is 3.20. The van der Waals surface area contributed by atoms with Crippen LogP contribution in [-0.4, -0.2) is 34.6 Å². The quantitative estimate of drug-likeness (QED) is 0.757. The molecule has 0 bridgehead atoms. The van der Waals surface area contributed by atoms with Crippen molar-refractivity contribution in [1.29, 1.82) is 0 Å². The Balaban J connectivity index is 1.83. The lowest BCUT2D eigenvalue weighted by Crippen LogP contribution is -2.58. The van der Waals surface area contributed by atoms with Gasteiger partial charge in [-0.2, -0.15) is 0 Å². The lowest BCUT2D eigenvalue weighted by molar-refractivity contribution is -0.121. The van der Waals surface area contributed by atoms with Crippen molar-refractivity contribution in [3.05, 3.63) is 0 Å². The minimum Gasteiger partial charge on any atom is -0.396 e. The summed E-state index contributed by atoms with van der Waals surface area (Å²) in [6, 6.07) is 0. The summed E-state index contributed by atoms with van der Waals surface area (Å²) >= 11 is 0. The SMILES string of the molecule is C[C@H](CCO)CC[C@@]1(C)[C@H](C)CC[C@]2(C)[C@@H]1C[C@@H](O)[C@H]1O[C@]12C. The first-order chi connectivity index (χ1) is 10.7. The molecule has 1 aliphatic heterocycles. The number of fused-ring (bicyclic) bond motifs is 3. The summed E-state index contributed by atoms with van der Waals surface area (Å²) in [5.41, 5.74) is 0.337. The Hall–Kier alpha value is -0.120. The molecule has 2 saturated carbocycles. The van der Waals surface area contributed by atoms with Gasteiger partial charge in [0.05, 0.1) is 6.10 Å². The van der Waals surface area contributed by atoms with Gasteiger partial charge >= 0.3 is 0 Å². The van der Waals surface area contributed by atoms with Crippen LogP contribution in [0.5, 0.6) is 0 Å². The number of rotatable bonds is 5. The molecule has 3 rings (SSSR count). The minimum absolute atomic E-state index is 0.0646. The second kappa shape index (κ2) is 5.71. The second-order valence-electron chi connectivity index (χ2n) is 9.52. The zero-order valence-electron chi connectivity index (χ0n) is 15.6. The monoisotopic (exact) mass is 324 g/mol. The molecule has 1 heterocycles. The van der Waals surface area contributed by atoms with E-state index in [-0.39, 0.29) is 28.6 Å². The van der Waals surface area contributed by atoms with Gasteiger partial charge < -0.3 is 14.9 Å². The van der Waals surface area contributed by atoms with Crippen molar-refractivity contribution in [3.63, 3.8) is 0 Å². The molecule has 0 radical (unpaired) electrons. The summed E-state index contributed by atoms with van der Waals surface area (Å²) in [7, 11) is 0. The minimum atomic E-state index is -0.294. The van der Waals surface area contributed by atoms with Gasteiger partial charge in [0, 0.05) is 12.0 Å². The Labute approximate surface area is 141 Å². The van der Waals surface area contributed by atoms with Gasteiger partial charge in [-0.3, -0.25) is 0 Å². The lowest BCUT2D eigenvalue weighted by Gasteiger charge is -2.59. The van der Waals surface area contributed by atoms with Crippen LogP contribution < -0.4 is 0 Å². The largest absolute Gasteiger partial charge is 0.396 e. The van der Waals surface area contributed by atoms with E-state index < -0.39 is 0 Å². The van der Waals surface area contributed by atoms with Gasteiger partial charge in [0.1, 0.15) is 11.7 Å². The number of ether oxygens (including phenoxy) is 1. The number of hydrogen-bond donors (Lipinski definition) is 2. The molecular formula is C20H36O3. The Morgan fingerprint density at radius 3 is 2.57 bits per heavy atom. The van der Waals surface area contributed by atoms with Gasteiger partial charge in [0.25, 0.3) is 0 Å². The molecular weight excluding hydrogens is 288 g/mol. The molecule has 8 atom stereocenters. The van der Waals surface area contributed by atoms with Gasteiger partial charge in [-0.05, 0) is 62.2 Å². The normalized spacial score (nSPS) is 53.3. The molecule has 0 aromatic carbocycles. The fourth-order valence-corrected chi connectivity index (χ4v) is 6.06. The lowest BCUT2D eigenvalue weighted by atomic mass is 9.44. The molecule has 1 saturated heterocycles. The summed E-state index contributed by atoms with van der Waals surface area (Å²) in [6.07, 6.45) is 6.42. The molecule has 3 aliphatic rings. The predicted octanol–water partition coefficient (Wildman–Crippen LogP) is 3.77. The number of epoxide rings is 1. The first-order valence-corrected chi connectivity index (χ1v) is 9.66. The van der Waals surface area contributed by atoms with Gasteiger partial charge in [-0.25, -0.2) is 0 Å². The Morgan fingerprint density at radius 1 is 1.22 bits per heavy atom. The summed E-state index contributed by atoms with van der Waals surface area (Å²) in [5, 5.41) is 19.7. The van der Waals surface area contributed by atoms with Crippen LogP contribution in [0.1, 0.15) is 73.1 Å². The van der Waals surface area contributed by atoms with Crippen molar-refractivity contribution < 1.29 is 14.9 Å². The van der Waals surface area contributed by atoms with Crippen molar-refractivity contribution in [2.75, 3.05) is 6.61 Å². The van der Waals surface area contributed by atoms with Gasteiger partial charge in [0.15, 0.2) is 0 Å². The first-order valence-electron chi connectivity index (χ1n) is 9.66. The van der Waals surface area contributed by atoms with Gasteiger partial charge in [0.2, 0.25) is 0 Å². The summed E-state index contributed by atoms with van der Waals surface area (Å²) in [6.45, 7) is 12.1. The summed E-state index contributed by atoms with van der Waals surface area (Å²) < 4.78 is 6.06. The van der Waals surface area contributed by atoms with Crippen LogP contribution in [-0.2, 0) is 4.74 Å². The Morgan fingerprint density at radius 2 is 1.91 bits per heavy atom. The van der Waals surface area contributed by atoms with Crippen LogP contribution in [0.25, 0.3) is 0 Å². The van der Waals surface area contributed by atoms with E-state index in [4.69, 9.17) is 4.74 Å². The topological polar surface area (TPSA) is 53.0 Å². The van der Waals surface area contributed by atoms with Crippen molar-refractivity contribution in [2.45, 2.75) is 91.0 Å². The zero-order valence-corrected chi connectivity index (χ0v) is 15.6. The van der Waals surface area contributed by atoms with E-state index in [9.17, 15) is 10.2 Å². The molecule has 23 heavy (non-hydrogen) atoms. The van der Waals surface area contributed by atoms with Crippen LogP contribution in [0, 0.1) is 28.6 Å². The highest BCUT2D eigenvalue weighted by Gasteiger charge is 2.74. The smallest absolute Gasteiger partial charge is 0.113 e. The third kappa shape index (κ3) is 2.49. The fraction of sp³-hybridized carbons (Fsp3) is 1.00. The standard InChI is InChI=1S/C20H36O3/c1-13(8-11-21)6-9-18(3)14(2)7-10-19(4)16(18)12-15(22)17-20(19,5)23-17/h13-17,21-22H,6-12H2,1-5H3/t13-,14+,15+,16+,17+,18-,19+,20+/m0/s1. The van der Waals surface area contributed by atoms with Gasteiger partial charge in [-0.1, -0.05) is 34.1 Å². The molecule has 3 fully saturated rings. The van der Waals surface area contributed by atoms with E-state index in [0.29, 0.717) is 24.4 Å². The van der Waals surface area contributed by atoms with E-state index in [1.165, 1.54) is 25.7 Å². The van der Waals surface area contributed by atoms with Crippen LogP contribution in [0.4, 0.5) is 0 Å². The van der Waals surface area contributed by atoms with E-state index >= 15 is 0 Å². The van der Waals surface area contributed by atoms with Crippen molar-refractivity contribution in [2.24, 2.45) is 28.6 Å². The van der Waals surface area contributed by atoms with E-state index in [0.717, 1.165) is 12.8 Å². The van der Waals surface area contributed by atoms with E-state index in [1.807, 2.05) is 0 Å². The molecule has 134 valence electrons. The average molecular weight is 325 g/mol. The molecule has 0 aromatic rings. The maximum Gasteiger partial charge on any atom is 0.113 e. The highest BCUT2D eigenvalue weighted by Crippen LogP contribution is 2.70. The third-order valence-corrected chi connectivity index (χ3v) is 8.40. The van der Waals surface area contributed by atoms with Gasteiger partial charge in [-0.15, -0.1) is 0 Å². The first kappa shape index (κ1) is 17.7. The highest BCUT2D eigenvalue weighted by molar-refractivity contribution is 5.22. The molecule has 3 heteroatoms. The maximum absolute atomic E-state index is 10.6. The fourth-order valence-electron chi connectivity index (χ4n) is 6.06. The van der Waals surface area contributed by atoms with Crippen molar-refractivity contribution in [3.8, 4) is 0 Å². The summed E-state index contributed by atoms with van der Waals surface area (Å²) in [5.74, 6) is 1.79. The van der Waals surface area contributed by atoms with Crippen LogP contribution >= 0.6 is 0 Å². The molecule has 2 N–H and O–H groups in total. The third-order valence-electron chi connectivity index (χ3n) is 8.40. The van der Waals surface area contributed by atoms with Crippen LogP contribution in [0.3, 0.4) is 0 Å². The molecule has 3 nitrogen and oxygen atoms in total. The predicted molar refractivity (Wildman–Crippen MR) is 92.1 cm³/mol. The Bertz CT molecular complexity index is 452. The van der Waals surface area contributed by atoms with Crippen LogP contribution in [0.2, 0.25) is 0 Å². The molecule has 2 aliphatic carbocycles. The highest BCUT2D eigenvalue weighted by atomic mass is 16.6. The van der Waals surface area contributed by atoms with E-state index in [2.05, 4.69) is 34.6 Å².